The molecule has 0 radical (unpaired) electrons. The van der Waals surface area contributed by atoms with Crippen LogP contribution in [-0.4, -0.2) is 107 Å². The third kappa shape index (κ3) is 6.92. The molecule has 4 fully saturated rings. The Morgan fingerprint density at radius 1 is 0.590 bits per heavy atom. The second kappa shape index (κ2) is 16.0. The van der Waals surface area contributed by atoms with Crippen LogP contribution in [0, 0.1) is 5.92 Å². The zero-order valence-corrected chi connectivity index (χ0v) is 34.8. The highest BCUT2D eigenvalue weighted by molar-refractivity contribution is 5.77. The number of fused-ring (bicyclic) bond motifs is 4. The fourth-order valence-electron chi connectivity index (χ4n) is 11.6. The summed E-state index contributed by atoms with van der Waals surface area (Å²) < 4.78 is 30.9. The van der Waals surface area contributed by atoms with Crippen LogP contribution in [0.5, 0.6) is 23.0 Å². The number of rotatable bonds is 9. The van der Waals surface area contributed by atoms with Gasteiger partial charge in [0.1, 0.15) is 23.9 Å². The van der Waals surface area contributed by atoms with Crippen molar-refractivity contribution in [1.82, 2.24) is 39.5 Å². The summed E-state index contributed by atoms with van der Waals surface area (Å²) in [5, 5.41) is 7.40. The molecule has 4 saturated heterocycles. The van der Waals surface area contributed by atoms with E-state index in [-0.39, 0.29) is 24.0 Å². The van der Waals surface area contributed by atoms with Gasteiger partial charge in [-0.2, -0.15) is 0 Å². The maximum atomic E-state index is 7.11. The fourth-order valence-corrected chi connectivity index (χ4v) is 11.6. The zero-order valence-electron chi connectivity index (χ0n) is 34.8. The van der Waals surface area contributed by atoms with Crippen molar-refractivity contribution in [3.05, 3.63) is 108 Å². The summed E-state index contributed by atoms with van der Waals surface area (Å²) in [4.78, 5) is 15.9. The molecule has 0 spiro atoms. The van der Waals surface area contributed by atoms with E-state index in [1.807, 2.05) is 6.07 Å². The van der Waals surface area contributed by atoms with Gasteiger partial charge in [0.25, 0.3) is 0 Å². The zero-order chi connectivity index (χ0) is 40.3. The van der Waals surface area contributed by atoms with Gasteiger partial charge in [-0.05, 0) is 81.1 Å². The molecule has 2 aromatic heterocycles. The van der Waals surface area contributed by atoms with E-state index in [1.54, 1.807) is 0 Å². The Balaban J connectivity index is 0.790. The predicted octanol–water partition coefficient (Wildman–Crippen LogP) is 6.88. The fraction of sp³-hybridized carbons (Fsp3) is 0.469. The molecule has 4 aromatic carbocycles. The van der Waals surface area contributed by atoms with Crippen LogP contribution in [0.4, 0.5) is 0 Å². The molecular formula is C49H56N8O4. The molecule has 0 amide bonds. The summed E-state index contributed by atoms with van der Waals surface area (Å²) in [5.41, 5.74) is 5.91. The Morgan fingerprint density at radius 2 is 1.25 bits per heavy atom. The second-order valence-electron chi connectivity index (χ2n) is 18.2. The Labute approximate surface area is 357 Å². The Bertz CT molecular complexity index is 2520. The van der Waals surface area contributed by atoms with Crippen molar-refractivity contribution in [1.29, 1.82) is 0 Å². The van der Waals surface area contributed by atoms with Crippen LogP contribution in [0.15, 0.2) is 91.0 Å². The van der Waals surface area contributed by atoms with E-state index in [0.717, 1.165) is 132 Å². The van der Waals surface area contributed by atoms with Gasteiger partial charge in [0.15, 0.2) is 23.0 Å². The van der Waals surface area contributed by atoms with Gasteiger partial charge < -0.3 is 38.7 Å². The molecule has 5 atom stereocenters. The first-order valence-electron chi connectivity index (χ1n) is 22.8. The molecule has 12 rings (SSSR count). The molecule has 316 valence electrons. The van der Waals surface area contributed by atoms with E-state index in [2.05, 4.69) is 114 Å². The lowest BCUT2D eigenvalue weighted by Gasteiger charge is -2.42. The van der Waals surface area contributed by atoms with E-state index < -0.39 is 0 Å². The highest BCUT2D eigenvalue weighted by Crippen LogP contribution is 2.44. The van der Waals surface area contributed by atoms with Crippen molar-refractivity contribution < 1.29 is 18.9 Å². The number of nitrogens with one attached hydrogen (secondary N) is 2. The van der Waals surface area contributed by atoms with Crippen LogP contribution in [0.25, 0.3) is 22.1 Å². The van der Waals surface area contributed by atoms with Gasteiger partial charge in [-0.1, -0.05) is 48.5 Å². The summed E-state index contributed by atoms with van der Waals surface area (Å²) >= 11 is 0. The second-order valence-corrected chi connectivity index (χ2v) is 18.2. The molecular weight excluding hydrogens is 765 g/mol. The average molecular weight is 821 g/mol. The van der Waals surface area contributed by atoms with Crippen LogP contribution in [0.1, 0.15) is 73.2 Å². The normalized spacial score (nSPS) is 26.2. The molecule has 12 nitrogen and oxygen atoms in total. The number of piperidine rings is 2. The first-order chi connectivity index (χ1) is 30.2. The smallest absolute Gasteiger partial charge is 0.231 e. The van der Waals surface area contributed by atoms with E-state index in [4.69, 9.17) is 28.9 Å². The van der Waals surface area contributed by atoms with Crippen LogP contribution < -0.4 is 29.6 Å². The predicted molar refractivity (Wildman–Crippen MR) is 235 cm³/mol. The molecule has 2 N–H and O–H groups in total. The molecule has 6 aromatic rings. The van der Waals surface area contributed by atoms with Crippen molar-refractivity contribution >= 4 is 22.1 Å². The monoisotopic (exact) mass is 820 g/mol. The van der Waals surface area contributed by atoms with E-state index >= 15 is 0 Å². The minimum atomic E-state index is -0.124. The lowest BCUT2D eigenvalue weighted by molar-refractivity contribution is -0.0329. The summed E-state index contributed by atoms with van der Waals surface area (Å²) in [5.74, 6) is 6.74. The van der Waals surface area contributed by atoms with E-state index in [0.29, 0.717) is 24.8 Å². The number of hydrogen-bond acceptors (Lipinski definition) is 10. The third-order valence-electron chi connectivity index (χ3n) is 14.6. The van der Waals surface area contributed by atoms with Gasteiger partial charge in [0.05, 0.1) is 22.1 Å². The summed E-state index contributed by atoms with van der Waals surface area (Å²) in [6, 6.07) is 32.8. The van der Waals surface area contributed by atoms with Gasteiger partial charge in [-0.25, -0.2) is 9.97 Å². The van der Waals surface area contributed by atoms with Crippen LogP contribution in [0.2, 0.25) is 0 Å². The van der Waals surface area contributed by atoms with Crippen LogP contribution in [-0.2, 0) is 6.54 Å². The van der Waals surface area contributed by atoms with Gasteiger partial charge in [0.2, 0.25) is 6.79 Å². The quantitative estimate of drug-likeness (QED) is 0.161. The number of nitrogens with zero attached hydrogens (tertiary/aromatic N) is 6. The molecule has 5 unspecified atom stereocenters. The first-order valence-corrected chi connectivity index (χ1v) is 22.8. The number of likely N-dealkylation sites (tertiary alicyclic amines) is 2. The SMILES string of the molecule is c1ccc2c(c1)OC(CN1CCC(n3c(C4CCNC4)nc4ccccc43)CC1)C(C1CNCC1c1nc3ccccc3n1C1CCN(Cc3cccc4c3OCO4)CC1)O2. The highest BCUT2D eigenvalue weighted by atomic mass is 16.7. The third-order valence-corrected chi connectivity index (χ3v) is 14.6. The summed E-state index contributed by atoms with van der Waals surface area (Å²) in [6.07, 6.45) is 5.23. The molecule has 0 bridgehead atoms. The standard InChI is InChI=1S/C49H56N8O4/c1-3-11-40-38(9-1)52-48(32-16-21-50-26-32)56(40)34-19-24-55(25-20-34)30-45-47(61-43-14-6-5-13-42(43)60-45)36-27-51-28-37(36)49-53-39-10-2-4-12-41(39)57(49)35-17-22-54(23-18-35)29-33-8-7-15-44-46(33)59-31-58-44/h1-15,32,34-37,45,47,50-51H,16-31H2. The van der Waals surface area contributed by atoms with Crippen LogP contribution in [0.3, 0.4) is 0 Å². The van der Waals surface area contributed by atoms with Gasteiger partial charge in [0, 0.05) is 94.3 Å². The molecule has 0 saturated carbocycles. The Kier molecular flexibility index (Phi) is 9.84. The highest BCUT2D eigenvalue weighted by Gasteiger charge is 2.46. The van der Waals surface area contributed by atoms with Crippen molar-refractivity contribution in [3.8, 4) is 23.0 Å². The van der Waals surface area contributed by atoms with Crippen molar-refractivity contribution in [2.75, 3.05) is 65.7 Å². The number of para-hydroxylation sites is 7. The van der Waals surface area contributed by atoms with E-state index in [9.17, 15) is 0 Å². The van der Waals surface area contributed by atoms with Gasteiger partial charge >= 0.3 is 0 Å². The topological polar surface area (TPSA) is 103 Å². The molecule has 8 heterocycles. The number of ether oxygens (including phenoxy) is 4. The maximum absolute atomic E-state index is 7.11. The number of imidazole rings is 2. The molecule has 6 aliphatic heterocycles. The van der Waals surface area contributed by atoms with Crippen molar-refractivity contribution in [2.24, 2.45) is 5.92 Å². The Morgan fingerprint density at radius 3 is 1.98 bits per heavy atom. The maximum Gasteiger partial charge on any atom is 0.231 e. The molecule has 61 heavy (non-hydrogen) atoms. The number of benzene rings is 4. The lowest BCUT2D eigenvalue weighted by atomic mass is 9.85. The molecule has 12 heteroatoms. The van der Waals surface area contributed by atoms with Crippen molar-refractivity contribution in [3.63, 3.8) is 0 Å². The summed E-state index contributed by atoms with van der Waals surface area (Å²) in [7, 11) is 0. The van der Waals surface area contributed by atoms with Crippen molar-refractivity contribution in [2.45, 2.75) is 74.8 Å². The Hall–Kier alpha value is -5.14. The number of hydrogen-bond donors (Lipinski definition) is 2. The number of aromatic nitrogens is 4. The summed E-state index contributed by atoms with van der Waals surface area (Å²) in [6.45, 7) is 9.86. The van der Waals surface area contributed by atoms with Gasteiger partial charge in [-0.15, -0.1) is 0 Å². The largest absolute Gasteiger partial charge is 0.482 e. The molecule has 0 aliphatic carbocycles. The average Bonchev–Trinajstić information content (AvgIpc) is 4.16. The minimum absolute atomic E-state index is 0.108. The minimum Gasteiger partial charge on any atom is -0.482 e. The van der Waals surface area contributed by atoms with Crippen LogP contribution >= 0.6 is 0 Å². The molecule has 6 aliphatic rings. The first kappa shape index (κ1) is 37.6. The lowest BCUT2D eigenvalue weighted by Crippen LogP contribution is -2.53. The van der Waals surface area contributed by atoms with Gasteiger partial charge in [-0.3, -0.25) is 9.80 Å². The van der Waals surface area contributed by atoms with E-state index in [1.165, 1.54) is 28.2 Å².